The zero-order valence-corrected chi connectivity index (χ0v) is 19.5. The smallest absolute Gasteiger partial charge is 0.171 e. The number of ether oxygens (including phenoxy) is 2. The summed E-state index contributed by atoms with van der Waals surface area (Å²) in [6.07, 6.45) is 15.6. The van der Waals surface area contributed by atoms with Crippen molar-refractivity contribution in [3.05, 3.63) is 0 Å². The summed E-state index contributed by atoms with van der Waals surface area (Å²) < 4.78 is 13.3. The highest BCUT2D eigenvalue weighted by Gasteiger charge is 2.68. The molecule has 5 aliphatic rings. The topological polar surface area (TPSA) is 38.7 Å². The second-order valence-electron chi connectivity index (χ2n) is 12.2. The van der Waals surface area contributed by atoms with Crippen LogP contribution in [-0.2, 0) is 9.47 Å². The average Bonchev–Trinajstić information content (AvgIpc) is 3.16. The fraction of sp³-hybridized carbons (Fsp3) is 0.926. The zero-order valence-electron chi connectivity index (χ0n) is 19.5. The van der Waals surface area contributed by atoms with Gasteiger partial charge in [-0.2, -0.15) is 0 Å². The molecule has 2 aliphatic heterocycles. The summed E-state index contributed by atoms with van der Waals surface area (Å²) in [6.45, 7) is 10.5. The van der Waals surface area contributed by atoms with Crippen LogP contribution in [0, 0.1) is 58.7 Å². The van der Waals surface area contributed by atoms with Gasteiger partial charge in [-0.25, -0.2) is 0 Å². The molecule has 3 aliphatic carbocycles. The summed E-state index contributed by atoms with van der Waals surface area (Å²) in [7, 11) is 0. The Morgan fingerprint density at radius 3 is 2.57 bits per heavy atom. The van der Waals surface area contributed by atoms with E-state index < -0.39 is 0 Å². The molecule has 5 fully saturated rings. The third-order valence-electron chi connectivity index (χ3n) is 10.9. The lowest BCUT2D eigenvalue weighted by molar-refractivity contribution is -0.273. The summed E-state index contributed by atoms with van der Waals surface area (Å²) in [4.78, 5) is 0. The first-order chi connectivity index (χ1) is 14.2. The minimum atomic E-state index is -0.323. The molecular weight excluding hydrogens is 372 g/mol. The van der Waals surface area contributed by atoms with Crippen LogP contribution in [0.3, 0.4) is 0 Å². The van der Waals surface area contributed by atoms with E-state index in [0.29, 0.717) is 47.0 Å². The van der Waals surface area contributed by atoms with Crippen LogP contribution in [0.25, 0.3) is 0 Å². The van der Waals surface area contributed by atoms with E-state index in [0.717, 1.165) is 32.3 Å². The van der Waals surface area contributed by atoms with Gasteiger partial charge in [0.05, 0.1) is 18.8 Å². The maximum atomic E-state index is 11.0. The van der Waals surface area contributed by atoms with Crippen molar-refractivity contribution in [3.63, 3.8) is 0 Å². The van der Waals surface area contributed by atoms with Gasteiger partial charge in [-0.05, 0) is 85.4 Å². The highest BCUT2D eigenvalue weighted by Crippen LogP contribution is 2.70. The van der Waals surface area contributed by atoms with Gasteiger partial charge in [0, 0.05) is 18.8 Å². The Bertz CT molecular complexity index is 703. The molecule has 1 N–H and O–H groups in total. The highest BCUT2D eigenvalue weighted by molar-refractivity contribution is 5.15. The fourth-order valence-electron chi connectivity index (χ4n) is 9.15. The number of terminal acetylenes is 1. The van der Waals surface area contributed by atoms with Gasteiger partial charge in [0.2, 0.25) is 0 Å². The molecule has 3 heteroatoms. The Hall–Kier alpha value is -0.560. The third-order valence-corrected chi connectivity index (χ3v) is 10.9. The fourth-order valence-corrected chi connectivity index (χ4v) is 9.15. The van der Waals surface area contributed by atoms with E-state index in [1.54, 1.807) is 0 Å². The molecule has 11 atom stereocenters. The summed E-state index contributed by atoms with van der Waals surface area (Å²) >= 11 is 0. The molecule has 2 heterocycles. The van der Waals surface area contributed by atoms with E-state index in [-0.39, 0.29) is 17.3 Å². The monoisotopic (exact) mass is 414 g/mol. The lowest BCUT2D eigenvalue weighted by Crippen LogP contribution is -2.55. The second-order valence-corrected chi connectivity index (χ2v) is 12.2. The Labute approximate surface area is 183 Å². The molecule has 2 saturated heterocycles. The first kappa shape index (κ1) is 21.3. The SMILES string of the molecule is C#CCC[C@]1(C)C2CC[C@@]3(C)C(C[C@@H]4O[C@]5(CCC(C)CO5)[C@@H](C)C43)C2CC[C@@H]1O. The van der Waals surface area contributed by atoms with E-state index >= 15 is 0 Å². The first-order valence-electron chi connectivity index (χ1n) is 12.7. The normalized spacial score (nSPS) is 57.5. The molecule has 3 nitrogen and oxygen atoms in total. The lowest BCUT2D eigenvalue weighted by Gasteiger charge is -2.58. The molecule has 0 bridgehead atoms. The molecule has 168 valence electrons. The van der Waals surface area contributed by atoms with Gasteiger partial charge in [-0.15, -0.1) is 12.3 Å². The number of fused-ring (bicyclic) bond motifs is 5. The largest absolute Gasteiger partial charge is 0.393 e. The van der Waals surface area contributed by atoms with Gasteiger partial charge in [0.15, 0.2) is 5.79 Å². The van der Waals surface area contributed by atoms with E-state index in [1.807, 2.05) is 0 Å². The molecule has 0 aromatic heterocycles. The van der Waals surface area contributed by atoms with Crippen molar-refractivity contribution in [3.8, 4) is 12.3 Å². The first-order valence-corrected chi connectivity index (χ1v) is 12.7. The molecular formula is C27H42O3. The van der Waals surface area contributed by atoms with E-state index in [2.05, 4.69) is 33.6 Å². The van der Waals surface area contributed by atoms with Gasteiger partial charge in [-0.1, -0.05) is 27.7 Å². The van der Waals surface area contributed by atoms with Crippen LogP contribution in [0.2, 0.25) is 0 Å². The van der Waals surface area contributed by atoms with E-state index in [4.69, 9.17) is 15.9 Å². The number of aliphatic hydroxyl groups is 1. The Morgan fingerprint density at radius 2 is 1.87 bits per heavy atom. The van der Waals surface area contributed by atoms with E-state index in [1.165, 1.54) is 32.1 Å². The number of hydrogen-bond donors (Lipinski definition) is 1. The Kier molecular flexibility index (Phi) is 5.13. The van der Waals surface area contributed by atoms with Crippen LogP contribution in [0.15, 0.2) is 0 Å². The molecule has 3 saturated carbocycles. The van der Waals surface area contributed by atoms with Crippen molar-refractivity contribution in [1.29, 1.82) is 0 Å². The lowest BCUT2D eigenvalue weighted by atomic mass is 9.47. The summed E-state index contributed by atoms with van der Waals surface area (Å²) in [5.74, 6) is 6.28. The summed E-state index contributed by atoms with van der Waals surface area (Å²) in [6, 6.07) is 0. The summed E-state index contributed by atoms with van der Waals surface area (Å²) in [5.41, 5.74) is 0.321. The maximum Gasteiger partial charge on any atom is 0.171 e. The zero-order chi connectivity index (χ0) is 21.3. The quantitative estimate of drug-likeness (QED) is 0.614. The van der Waals surface area contributed by atoms with E-state index in [9.17, 15) is 5.11 Å². The average molecular weight is 415 g/mol. The van der Waals surface area contributed by atoms with Gasteiger partial charge < -0.3 is 14.6 Å². The molecule has 5 unspecified atom stereocenters. The Morgan fingerprint density at radius 1 is 1.07 bits per heavy atom. The highest BCUT2D eigenvalue weighted by atomic mass is 16.7. The minimum Gasteiger partial charge on any atom is -0.393 e. The van der Waals surface area contributed by atoms with Gasteiger partial charge >= 0.3 is 0 Å². The predicted octanol–water partition coefficient (Wildman–Crippen LogP) is 5.41. The molecule has 0 radical (unpaired) electrons. The molecule has 0 aromatic carbocycles. The van der Waals surface area contributed by atoms with Crippen LogP contribution in [0.4, 0.5) is 0 Å². The summed E-state index contributed by atoms with van der Waals surface area (Å²) in [5, 5.41) is 11.0. The standard InChI is InChI=1S/C27H42O3/c1-6-7-12-25(4)20-11-13-26(5)21(19(20)8-9-23(25)28)15-22-24(26)18(3)27(30-22)14-10-17(2)16-29-27/h1,17-24,28H,7-16H2,2-5H3/t17?,18-,19?,20?,21?,22-,23-,24?,25+,26-,27+/m0/s1. The predicted molar refractivity (Wildman–Crippen MR) is 118 cm³/mol. The number of aliphatic hydroxyl groups excluding tert-OH is 1. The van der Waals surface area contributed by atoms with Crippen LogP contribution in [0.5, 0.6) is 0 Å². The van der Waals surface area contributed by atoms with Crippen molar-refractivity contribution in [2.45, 2.75) is 103 Å². The molecule has 0 aromatic rings. The molecule has 1 spiro atoms. The second kappa shape index (κ2) is 7.23. The Balaban J connectivity index is 1.40. The molecule has 30 heavy (non-hydrogen) atoms. The van der Waals surface area contributed by atoms with Crippen LogP contribution in [-0.4, -0.2) is 29.7 Å². The van der Waals surface area contributed by atoms with Gasteiger partial charge in [0.1, 0.15) is 0 Å². The van der Waals surface area contributed by atoms with Crippen molar-refractivity contribution in [2.75, 3.05) is 6.61 Å². The molecule has 5 rings (SSSR count). The third kappa shape index (κ3) is 2.82. The van der Waals surface area contributed by atoms with Crippen molar-refractivity contribution >= 4 is 0 Å². The minimum absolute atomic E-state index is 0.0232. The van der Waals surface area contributed by atoms with Crippen LogP contribution < -0.4 is 0 Å². The van der Waals surface area contributed by atoms with Crippen molar-refractivity contribution in [1.82, 2.24) is 0 Å². The van der Waals surface area contributed by atoms with Crippen LogP contribution >= 0.6 is 0 Å². The van der Waals surface area contributed by atoms with Crippen LogP contribution in [0.1, 0.15) is 85.5 Å². The van der Waals surface area contributed by atoms with Crippen molar-refractivity contribution < 1.29 is 14.6 Å². The molecule has 0 amide bonds. The van der Waals surface area contributed by atoms with Gasteiger partial charge in [-0.3, -0.25) is 0 Å². The number of hydrogen-bond acceptors (Lipinski definition) is 3. The maximum absolute atomic E-state index is 11.0. The number of rotatable bonds is 2. The van der Waals surface area contributed by atoms with Crippen molar-refractivity contribution in [2.24, 2.45) is 46.3 Å². The van der Waals surface area contributed by atoms with Gasteiger partial charge in [0.25, 0.3) is 0 Å².